The van der Waals surface area contributed by atoms with Crippen molar-refractivity contribution in [1.29, 1.82) is 0 Å². The standard InChI is InChI=1S/C16H19N3O/c17-16(18-20)14-8-9-15(19-10-4-1-5-11-19)13-7-3-2-6-12(13)14/h2-3,6-9,20H,1,4-5,10-11H2,(H2,17,18). The molecule has 0 bridgehead atoms. The maximum absolute atomic E-state index is 8.92. The average Bonchev–Trinajstić information content (AvgIpc) is 2.54. The number of rotatable bonds is 2. The molecule has 104 valence electrons. The maximum atomic E-state index is 8.92. The van der Waals surface area contributed by atoms with Gasteiger partial charge in [-0.05, 0) is 36.8 Å². The molecule has 1 saturated heterocycles. The lowest BCUT2D eigenvalue weighted by Gasteiger charge is -2.30. The minimum atomic E-state index is 0.159. The molecule has 4 heteroatoms. The number of oxime groups is 1. The minimum absolute atomic E-state index is 0.159. The number of benzene rings is 2. The summed E-state index contributed by atoms with van der Waals surface area (Å²) in [7, 11) is 0. The second-order valence-electron chi connectivity index (χ2n) is 5.21. The molecule has 2 aromatic rings. The normalized spacial score (nSPS) is 16.6. The van der Waals surface area contributed by atoms with E-state index in [-0.39, 0.29) is 5.84 Å². The lowest BCUT2D eigenvalue weighted by molar-refractivity contribution is 0.318. The van der Waals surface area contributed by atoms with E-state index in [9.17, 15) is 0 Å². The number of amidine groups is 1. The van der Waals surface area contributed by atoms with Crippen molar-refractivity contribution in [3.63, 3.8) is 0 Å². The summed E-state index contributed by atoms with van der Waals surface area (Å²) in [6, 6.07) is 12.2. The molecule has 0 saturated carbocycles. The smallest absolute Gasteiger partial charge is 0.170 e. The highest BCUT2D eigenvalue weighted by Crippen LogP contribution is 2.31. The lowest BCUT2D eigenvalue weighted by Crippen LogP contribution is -2.29. The summed E-state index contributed by atoms with van der Waals surface area (Å²) in [6.07, 6.45) is 3.81. The monoisotopic (exact) mass is 269 g/mol. The number of anilines is 1. The summed E-state index contributed by atoms with van der Waals surface area (Å²) in [5, 5.41) is 14.2. The predicted octanol–water partition coefficient (Wildman–Crippen LogP) is 2.92. The predicted molar refractivity (Wildman–Crippen MR) is 82.5 cm³/mol. The number of nitrogens with zero attached hydrogens (tertiary/aromatic N) is 2. The average molecular weight is 269 g/mol. The molecule has 0 radical (unpaired) electrons. The maximum Gasteiger partial charge on any atom is 0.170 e. The topological polar surface area (TPSA) is 61.9 Å². The van der Waals surface area contributed by atoms with Crippen LogP contribution in [0.3, 0.4) is 0 Å². The molecule has 0 aliphatic carbocycles. The van der Waals surface area contributed by atoms with Gasteiger partial charge in [-0.3, -0.25) is 0 Å². The van der Waals surface area contributed by atoms with E-state index in [2.05, 4.69) is 22.2 Å². The fourth-order valence-corrected chi connectivity index (χ4v) is 2.97. The van der Waals surface area contributed by atoms with Gasteiger partial charge in [-0.25, -0.2) is 0 Å². The fraction of sp³-hybridized carbons (Fsp3) is 0.312. The van der Waals surface area contributed by atoms with E-state index < -0.39 is 0 Å². The van der Waals surface area contributed by atoms with Gasteiger partial charge in [0.2, 0.25) is 0 Å². The molecule has 3 N–H and O–H groups in total. The van der Waals surface area contributed by atoms with E-state index in [4.69, 9.17) is 10.9 Å². The van der Waals surface area contributed by atoms with Crippen LogP contribution in [0.4, 0.5) is 5.69 Å². The Balaban J connectivity index is 2.15. The molecule has 0 atom stereocenters. The quantitative estimate of drug-likeness (QED) is 0.381. The Bertz CT molecular complexity index is 645. The van der Waals surface area contributed by atoms with E-state index in [1.165, 1.54) is 30.3 Å². The highest BCUT2D eigenvalue weighted by atomic mass is 16.4. The van der Waals surface area contributed by atoms with Crippen molar-refractivity contribution in [3.05, 3.63) is 42.0 Å². The SMILES string of the molecule is N/C(=N/O)c1ccc(N2CCCCC2)c2ccccc12. The highest BCUT2D eigenvalue weighted by molar-refractivity contribution is 6.11. The van der Waals surface area contributed by atoms with Gasteiger partial charge in [0.15, 0.2) is 5.84 Å². The summed E-state index contributed by atoms with van der Waals surface area (Å²) in [5.41, 5.74) is 7.80. The van der Waals surface area contributed by atoms with Crippen molar-refractivity contribution < 1.29 is 5.21 Å². The Kier molecular flexibility index (Phi) is 3.46. The Morgan fingerprint density at radius 2 is 1.70 bits per heavy atom. The number of piperidine rings is 1. The van der Waals surface area contributed by atoms with Crippen molar-refractivity contribution in [1.82, 2.24) is 0 Å². The van der Waals surface area contributed by atoms with Gasteiger partial charge in [0.05, 0.1) is 0 Å². The van der Waals surface area contributed by atoms with E-state index in [1.54, 1.807) is 0 Å². The molecule has 1 fully saturated rings. The zero-order valence-corrected chi connectivity index (χ0v) is 11.4. The molecule has 20 heavy (non-hydrogen) atoms. The summed E-state index contributed by atoms with van der Waals surface area (Å²) >= 11 is 0. The van der Waals surface area contributed by atoms with Gasteiger partial charge in [-0.2, -0.15) is 0 Å². The largest absolute Gasteiger partial charge is 0.409 e. The van der Waals surface area contributed by atoms with Crippen molar-refractivity contribution in [2.24, 2.45) is 10.9 Å². The summed E-state index contributed by atoms with van der Waals surface area (Å²) < 4.78 is 0. The van der Waals surface area contributed by atoms with Crippen LogP contribution >= 0.6 is 0 Å². The fourth-order valence-electron chi connectivity index (χ4n) is 2.97. The third-order valence-electron chi connectivity index (χ3n) is 3.98. The first-order chi connectivity index (χ1) is 9.81. The van der Waals surface area contributed by atoms with Crippen molar-refractivity contribution >= 4 is 22.3 Å². The molecule has 1 heterocycles. The van der Waals surface area contributed by atoms with E-state index in [0.29, 0.717) is 0 Å². The minimum Gasteiger partial charge on any atom is -0.409 e. The van der Waals surface area contributed by atoms with Crippen LogP contribution in [0.5, 0.6) is 0 Å². The third-order valence-corrected chi connectivity index (χ3v) is 3.98. The van der Waals surface area contributed by atoms with Crippen LogP contribution in [0.2, 0.25) is 0 Å². The Labute approximate surface area is 118 Å². The van der Waals surface area contributed by atoms with Gasteiger partial charge in [-0.1, -0.05) is 29.4 Å². The van der Waals surface area contributed by atoms with E-state index >= 15 is 0 Å². The van der Waals surface area contributed by atoms with E-state index in [1.807, 2.05) is 24.3 Å². The Morgan fingerprint density at radius 1 is 1.00 bits per heavy atom. The van der Waals surface area contributed by atoms with Crippen LogP contribution in [0.15, 0.2) is 41.6 Å². The first-order valence-corrected chi connectivity index (χ1v) is 7.06. The van der Waals surface area contributed by atoms with Gasteiger partial charge in [0.25, 0.3) is 0 Å². The van der Waals surface area contributed by atoms with Crippen molar-refractivity contribution in [2.45, 2.75) is 19.3 Å². The molecule has 0 aromatic heterocycles. The number of hydrogen-bond donors (Lipinski definition) is 2. The van der Waals surface area contributed by atoms with Crippen LogP contribution in [0.1, 0.15) is 24.8 Å². The van der Waals surface area contributed by atoms with Gasteiger partial charge in [0.1, 0.15) is 0 Å². The van der Waals surface area contributed by atoms with Crippen LogP contribution in [0.25, 0.3) is 10.8 Å². The molecule has 3 rings (SSSR count). The first kappa shape index (κ1) is 12.8. The zero-order chi connectivity index (χ0) is 13.9. The second-order valence-corrected chi connectivity index (χ2v) is 5.21. The van der Waals surface area contributed by atoms with Crippen LogP contribution < -0.4 is 10.6 Å². The number of nitrogens with two attached hydrogens (primary N) is 1. The van der Waals surface area contributed by atoms with Crippen LogP contribution in [-0.4, -0.2) is 24.1 Å². The molecule has 0 unspecified atom stereocenters. The number of hydrogen-bond acceptors (Lipinski definition) is 3. The second kappa shape index (κ2) is 5.41. The molecule has 2 aromatic carbocycles. The Hall–Kier alpha value is -2.23. The van der Waals surface area contributed by atoms with Crippen LogP contribution in [0, 0.1) is 0 Å². The van der Waals surface area contributed by atoms with E-state index in [0.717, 1.165) is 24.0 Å². The van der Waals surface area contributed by atoms with Gasteiger partial charge in [0, 0.05) is 29.7 Å². The molecule has 4 nitrogen and oxygen atoms in total. The molecule has 0 amide bonds. The molecule has 1 aliphatic rings. The van der Waals surface area contributed by atoms with Gasteiger partial charge >= 0.3 is 0 Å². The summed E-state index contributed by atoms with van der Waals surface area (Å²) in [6.45, 7) is 2.21. The summed E-state index contributed by atoms with van der Waals surface area (Å²) in [5.74, 6) is 0.159. The molecular weight excluding hydrogens is 250 g/mol. The van der Waals surface area contributed by atoms with Crippen LogP contribution in [-0.2, 0) is 0 Å². The zero-order valence-electron chi connectivity index (χ0n) is 11.4. The Morgan fingerprint density at radius 3 is 2.40 bits per heavy atom. The summed E-state index contributed by atoms with van der Waals surface area (Å²) in [4.78, 5) is 2.43. The number of fused-ring (bicyclic) bond motifs is 1. The lowest BCUT2D eigenvalue weighted by atomic mass is 10.00. The molecule has 0 spiro atoms. The third kappa shape index (κ3) is 2.18. The van der Waals surface area contributed by atoms with Gasteiger partial charge < -0.3 is 15.8 Å². The highest BCUT2D eigenvalue weighted by Gasteiger charge is 2.15. The molecule has 1 aliphatic heterocycles. The molecular formula is C16H19N3O. The van der Waals surface area contributed by atoms with Gasteiger partial charge in [-0.15, -0.1) is 0 Å². The van der Waals surface area contributed by atoms with Crippen molar-refractivity contribution in [3.8, 4) is 0 Å². The first-order valence-electron chi connectivity index (χ1n) is 7.06. The van der Waals surface area contributed by atoms with Crippen molar-refractivity contribution in [2.75, 3.05) is 18.0 Å².